The van der Waals surface area contributed by atoms with Gasteiger partial charge < -0.3 is 5.32 Å². The average Bonchev–Trinajstić information content (AvgIpc) is 3.05. The summed E-state index contributed by atoms with van der Waals surface area (Å²) in [4.78, 5) is 11.5. The summed E-state index contributed by atoms with van der Waals surface area (Å²) in [6.45, 7) is 3.82. The molecule has 0 saturated carbocycles. The van der Waals surface area contributed by atoms with Crippen LogP contribution in [0.2, 0.25) is 0 Å². The smallest absolute Gasteiger partial charge is 0.243 e. The molecule has 2 aromatic carbocycles. The summed E-state index contributed by atoms with van der Waals surface area (Å²) >= 11 is 0. The molecule has 1 heterocycles. The van der Waals surface area contributed by atoms with Gasteiger partial charge in [-0.05, 0) is 47.0 Å². The van der Waals surface area contributed by atoms with Gasteiger partial charge >= 0.3 is 0 Å². The van der Waals surface area contributed by atoms with Gasteiger partial charge in [-0.25, -0.2) is 4.39 Å². The standard InChI is InChI=1S/C20H18FN3O/c1-3-20(25)22-13-16-8-7-15(14-5-4-6-17(21)11-14)12-18(16)19-9-10-24(2)23-19/h3-12H,1,13H2,2H3,(H,22,25). The third-order valence-electron chi connectivity index (χ3n) is 3.90. The minimum atomic E-state index is -0.279. The van der Waals surface area contributed by atoms with Crippen molar-refractivity contribution in [2.75, 3.05) is 0 Å². The maximum Gasteiger partial charge on any atom is 0.243 e. The Bertz CT molecular complexity index is 930. The Morgan fingerprint density at radius 3 is 2.72 bits per heavy atom. The molecule has 126 valence electrons. The molecule has 0 spiro atoms. The molecule has 0 aliphatic heterocycles. The van der Waals surface area contributed by atoms with Crippen LogP contribution in [-0.2, 0) is 18.4 Å². The second-order valence-electron chi connectivity index (χ2n) is 5.68. The van der Waals surface area contributed by atoms with Crippen molar-refractivity contribution in [1.82, 2.24) is 15.1 Å². The molecule has 0 fully saturated rings. The largest absolute Gasteiger partial charge is 0.348 e. The summed E-state index contributed by atoms with van der Waals surface area (Å²) < 4.78 is 15.3. The zero-order chi connectivity index (χ0) is 17.8. The highest BCUT2D eigenvalue weighted by molar-refractivity contribution is 5.87. The molecule has 4 nitrogen and oxygen atoms in total. The fourth-order valence-electron chi connectivity index (χ4n) is 2.63. The average molecular weight is 335 g/mol. The normalized spacial score (nSPS) is 10.5. The fraction of sp³-hybridized carbons (Fsp3) is 0.100. The van der Waals surface area contributed by atoms with Gasteiger partial charge in [0, 0.05) is 25.4 Å². The molecule has 0 atom stereocenters. The highest BCUT2D eigenvalue weighted by Gasteiger charge is 2.11. The summed E-state index contributed by atoms with van der Waals surface area (Å²) in [7, 11) is 1.85. The van der Waals surface area contributed by atoms with E-state index in [2.05, 4.69) is 17.0 Å². The summed E-state index contributed by atoms with van der Waals surface area (Å²) in [6.07, 6.45) is 3.10. The molecule has 25 heavy (non-hydrogen) atoms. The number of hydrogen-bond acceptors (Lipinski definition) is 2. The Hall–Kier alpha value is -3.21. The van der Waals surface area contributed by atoms with E-state index in [-0.39, 0.29) is 11.7 Å². The van der Waals surface area contributed by atoms with Crippen LogP contribution in [0.5, 0.6) is 0 Å². The van der Waals surface area contributed by atoms with Crippen molar-refractivity contribution >= 4 is 5.91 Å². The van der Waals surface area contributed by atoms with Crippen LogP contribution >= 0.6 is 0 Å². The SMILES string of the molecule is C=CC(=O)NCc1ccc(-c2cccc(F)c2)cc1-c1ccn(C)n1. The Kier molecular flexibility index (Phi) is 4.75. The van der Waals surface area contributed by atoms with Crippen LogP contribution in [0.3, 0.4) is 0 Å². The zero-order valence-electron chi connectivity index (χ0n) is 13.9. The van der Waals surface area contributed by atoms with Gasteiger partial charge in [-0.2, -0.15) is 5.10 Å². The number of aryl methyl sites for hydroxylation is 1. The number of nitrogens with one attached hydrogen (secondary N) is 1. The summed E-state index contributed by atoms with van der Waals surface area (Å²) in [5.41, 5.74) is 4.29. The number of halogens is 1. The first kappa shape index (κ1) is 16.6. The lowest BCUT2D eigenvalue weighted by atomic mass is 9.97. The van der Waals surface area contributed by atoms with E-state index in [0.717, 1.165) is 27.9 Å². The maximum atomic E-state index is 13.5. The minimum Gasteiger partial charge on any atom is -0.348 e. The zero-order valence-corrected chi connectivity index (χ0v) is 13.9. The molecular formula is C20H18FN3O. The Morgan fingerprint density at radius 1 is 1.24 bits per heavy atom. The Morgan fingerprint density at radius 2 is 2.04 bits per heavy atom. The van der Waals surface area contributed by atoms with Crippen molar-refractivity contribution in [3.63, 3.8) is 0 Å². The Labute approximate surface area is 145 Å². The topological polar surface area (TPSA) is 46.9 Å². The molecule has 0 unspecified atom stereocenters. The van der Waals surface area contributed by atoms with E-state index in [9.17, 15) is 9.18 Å². The van der Waals surface area contributed by atoms with E-state index in [1.54, 1.807) is 10.7 Å². The number of nitrogens with zero attached hydrogens (tertiary/aromatic N) is 2. The lowest BCUT2D eigenvalue weighted by Crippen LogP contribution is -2.20. The van der Waals surface area contributed by atoms with Crippen LogP contribution in [-0.4, -0.2) is 15.7 Å². The van der Waals surface area contributed by atoms with E-state index in [1.165, 1.54) is 18.2 Å². The van der Waals surface area contributed by atoms with Crippen LogP contribution in [0.15, 0.2) is 67.4 Å². The van der Waals surface area contributed by atoms with Crippen LogP contribution in [0.1, 0.15) is 5.56 Å². The van der Waals surface area contributed by atoms with Gasteiger partial charge in [-0.15, -0.1) is 0 Å². The van der Waals surface area contributed by atoms with Gasteiger partial charge in [-0.1, -0.05) is 30.8 Å². The van der Waals surface area contributed by atoms with E-state index in [0.29, 0.717) is 6.54 Å². The van der Waals surface area contributed by atoms with E-state index >= 15 is 0 Å². The first-order valence-electron chi connectivity index (χ1n) is 7.86. The molecule has 0 radical (unpaired) electrons. The number of aromatic nitrogens is 2. The van der Waals surface area contributed by atoms with E-state index in [4.69, 9.17) is 0 Å². The molecule has 3 aromatic rings. The van der Waals surface area contributed by atoms with Gasteiger partial charge in [0.1, 0.15) is 5.82 Å². The van der Waals surface area contributed by atoms with E-state index in [1.807, 2.05) is 43.6 Å². The highest BCUT2D eigenvalue weighted by Crippen LogP contribution is 2.29. The van der Waals surface area contributed by atoms with Gasteiger partial charge in [0.2, 0.25) is 5.91 Å². The van der Waals surface area contributed by atoms with Crippen molar-refractivity contribution < 1.29 is 9.18 Å². The predicted molar refractivity (Wildman–Crippen MR) is 96.1 cm³/mol. The third-order valence-corrected chi connectivity index (χ3v) is 3.90. The number of carbonyl (C=O) groups is 1. The first-order valence-corrected chi connectivity index (χ1v) is 7.86. The molecule has 5 heteroatoms. The van der Waals surface area contributed by atoms with Crippen LogP contribution < -0.4 is 5.32 Å². The second kappa shape index (κ2) is 7.13. The molecule has 0 aliphatic rings. The summed E-state index contributed by atoms with van der Waals surface area (Å²) in [5, 5.41) is 7.23. The van der Waals surface area contributed by atoms with E-state index < -0.39 is 0 Å². The molecule has 1 amide bonds. The van der Waals surface area contributed by atoms with Crippen molar-refractivity contribution in [2.24, 2.45) is 7.05 Å². The van der Waals surface area contributed by atoms with Crippen LogP contribution in [0.4, 0.5) is 4.39 Å². The summed E-state index contributed by atoms with van der Waals surface area (Å²) in [6, 6.07) is 14.2. The predicted octanol–water partition coefficient (Wildman–Crippen LogP) is 3.70. The fourth-order valence-corrected chi connectivity index (χ4v) is 2.63. The molecule has 3 rings (SSSR count). The molecule has 1 aromatic heterocycles. The number of amides is 1. The van der Waals surface area contributed by atoms with Crippen molar-refractivity contribution in [2.45, 2.75) is 6.54 Å². The molecule has 0 aliphatic carbocycles. The van der Waals surface area contributed by atoms with Gasteiger partial charge in [0.15, 0.2) is 0 Å². The number of carbonyl (C=O) groups excluding carboxylic acids is 1. The molecule has 0 saturated heterocycles. The third kappa shape index (κ3) is 3.83. The van der Waals surface area contributed by atoms with Crippen LogP contribution in [0, 0.1) is 5.82 Å². The quantitative estimate of drug-likeness (QED) is 0.723. The van der Waals surface area contributed by atoms with Crippen molar-refractivity contribution in [3.05, 3.63) is 78.8 Å². The minimum absolute atomic E-state index is 0.235. The van der Waals surface area contributed by atoms with Crippen molar-refractivity contribution in [3.8, 4) is 22.4 Å². The Balaban J connectivity index is 2.04. The highest BCUT2D eigenvalue weighted by atomic mass is 19.1. The maximum absolute atomic E-state index is 13.5. The monoisotopic (exact) mass is 335 g/mol. The second-order valence-corrected chi connectivity index (χ2v) is 5.68. The summed E-state index contributed by atoms with van der Waals surface area (Å²) in [5.74, 6) is -0.514. The first-order chi connectivity index (χ1) is 12.1. The van der Waals surface area contributed by atoms with Gasteiger partial charge in [-0.3, -0.25) is 9.48 Å². The number of rotatable bonds is 5. The molecule has 1 N–H and O–H groups in total. The lowest BCUT2D eigenvalue weighted by molar-refractivity contribution is -0.116. The molecule has 0 bridgehead atoms. The lowest BCUT2D eigenvalue weighted by Gasteiger charge is -2.11. The van der Waals surface area contributed by atoms with Crippen molar-refractivity contribution in [1.29, 1.82) is 0 Å². The number of benzene rings is 2. The molecular weight excluding hydrogens is 317 g/mol. The van der Waals surface area contributed by atoms with Gasteiger partial charge in [0.05, 0.1) is 5.69 Å². The van der Waals surface area contributed by atoms with Crippen LogP contribution in [0.25, 0.3) is 22.4 Å². The van der Waals surface area contributed by atoms with Gasteiger partial charge in [0.25, 0.3) is 0 Å². The number of hydrogen-bond donors (Lipinski definition) is 1.